The highest BCUT2D eigenvalue weighted by Crippen LogP contribution is 2.66. The van der Waals surface area contributed by atoms with Crippen LogP contribution < -0.4 is 0 Å². The van der Waals surface area contributed by atoms with E-state index in [1.807, 2.05) is 0 Å². The van der Waals surface area contributed by atoms with Crippen molar-refractivity contribution < 1.29 is 4.74 Å². The molecule has 1 atom stereocenters. The van der Waals surface area contributed by atoms with Gasteiger partial charge in [0.25, 0.3) is 0 Å². The maximum Gasteiger partial charge on any atom is 0.0979 e. The third kappa shape index (κ3) is 1.28. The topological polar surface area (TPSA) is 12.5 Å². The molecule has 1 heterocycles. The van der Waals surface area contributed by atoms with E-state index < -0.39 is 0 Å². The molecule has 0 N–H and O–H groups in total. The summed E-state index contributed by atoms with van der Waals surface area (Å²) in [6, 6.07) is 0. The van der Waals surface area contributed by atoms with Crippen molar-refractivity contribution in [2.45, 2.75) is 70.0 Å². The van der Waals surface area contributed by atoms with E-state index in [9.17, 15) is 0 Å². The lowest BCUT2D eigenvalue weighted by Gasteiger charge is -2.04. The van der Waals surface area contributed by atoms with E-state index in [0.717, 1.165) is 0 Å². The molecular formula is C11H20O. The molecule has 1 spiro atoms. The summed E-state index contributed by atoms with van der Waals surface area (Å²) >= 11 is 0. The van der Waals surface area contributed by atoms with Crippen LogP contribution in [-0.2, 0) is 4.74 Å². The third-order valence-electron chi connectivity index (χ3n) is 3.55. The Hall–Kier alpha value is -0.0400. The highest BCUT2D eigenvalue weighted by Gasteiger charge is 2.73. The largest absolute Gasteiger partial charge is 0.363 e. The van der Waals surface area contributed by atoms with E-state index in [-0.39, 0.29) is 0 Å². The highest BCUT2D eigenvalue weighted by atomic mass is 16.6. The maximum absolute atomic E-state index is 5.78. The molecular weight excluding hydrogens is 148 g/mol. The third-order valence-corrected chi connectivity index (χ3v) is 3.55. The van der Waals surface area contributed by atoms with Gasteiger partial charge in [-0.1, -0.05) is 32.6 Å². The van der Waals surface area contributed by atoms with Gasteiger partial charge in [0.2, 0.25) is 0 Å². The van der Waals surface area contributed by atoms with Crippen LogP contribution in [0.3, 0.4) is 0 Å². The van der Waals surface area contributed by atoms with Crippen molar-refractivity contribution in [1.29, 1.82) is 0 Å². The zero-order chi connectivity index (χ0) is 8.66. The van der Waals surface area contributed by atoms with Gasteiger partial charge in [-0.2, -0.15) is 0 Å². The van der Waals surface area contributed by atoms with Gasteiger partial charge in [0, 0.05) is 0 Å². The molecule has 1 unspecified atom stereocenters. The van der Waals surface area contributed by atoms with Gasteiger partial charge in [-0.25, -0.2) is 0 Å². The van der Waals surface area contributed by atoms with Crippen LogP contribution in [-0.4, -0.2) is 11.2 Å². The van der Waals surface area contributed by atoms with E-state index in [4.69, 9.17) is 4.74 Å². The van der Waals surface area contributed by atoms with Gasteiger partial charge >= 0.3 is 0 Å². The summed E-state index contributed by atoms with van der Waals surface area (Å²) in [5.74, 6) is 0. The van der Waals surface area contributed by atoms with Crippen LogP contribution in [0.2, 0.25) is 0 Å². The molecule has 0 aromatic heterocycles. The summed E-state index contributed by atoms with van der Waals surface area (Å²) in [6.07, 6.45) is 9.45. The van der Waals surface area contributed by atoms with Crippen molar-refractivity contribution in [2.24, 2.45) is 0 Å². The number of hydrogen-bond donors (Lipinski definition) is 0. The Morgan fingerprint density at radius 1 is 1.17 bits per heavy atom. The number of ether oxygens (including phenoxy) is 1. The van der Waals surface area contributed by atoms with Crippen LogP contribution >= 0.6 is 0 Å². The molecule has 1 aliphatic heterocycles. The quantitative estimate of drug-likeness (QED) is 0.453. The van der Waals surface area contributed by atoms with Crippen molar-refractivity contribution >= 4 is 0 Å². The lowest BCUT2D eigenvalue weighted by Crippen LogP contribution is -2.09. The highest BCUT2D eigenvalue weighted by molar-refractivity contribution is 5.22. The summed E-state index contributed by atoms with van der Waals surface area (Å²) in [5, 5.41) is 0. The normalized spacial score (nSPS) is 35.5. The molecule has 1 saturated carbocycles. The number of hydrogen-bond acceptors (Lipinski definition) is 1. The summed E-state index contributed by atoms with van der Waals surface area (Å²) in [7, 11) is 0. The predicted octanol–water partition coefficient (Wildman–Crippen LogP) is 3.28. The average Bonchev–Trinajstić information content (AvgIpc) is 2.89. The fourth-order valence-electron chi connectivity index (χ4n) is 2.32. The molecule has 12 heavy (non-hydrogen) atoms. The monoisotopic (exact) mass is 168 g/mol. The minimum Gasteiger partial charge on any atom is -0.363 e. The van der Waals surface area contributed by atoms with Crippen LogP contribution in [0.15, 0.2) is 0 Å². The van der Waals surface area contributed by atoms with Gasteiger partial charge in [0.1, 0.15) is 0 Å². The smallest absolute Gasteiger partial charge is 0.0979 e. The fraction of sp³-hybridized carbons (Fsp3) is 1.00. The van der Waals surface area contributed by atoms with Crippen molar-refractivity contribution in [3.8, 4) is 0 Å². The Balaban J connectivity index is 1.62. The fourth-order valence-corrected chi connectivity index (χ4v) is 2.32. The molecule has 2 fully saturated rings. The minimum atomic E-state index is 0.306. The van der Waals surface area contributed by atoms with Crippen molar-refractivity contribution in [1.82, 2.24) is 0 Å². The summed E-state index contributed by atoms with van der Waals surface area (Å²) in [6.45, 7) is 4.56. The molecule has 2 rings (SSSR count). The SMILES string of the molecule is CCCCCCC1(C)OC12CC2. The molecule has 0 bridgehead atoms. The molecule has 0 radical (unpaired) electrons. The molecule has 1 nitrogen and oxygen atoms in total. The zero-order valence-electron chi connectivity index (χ0n) is 8.36. The van der Waals surface area contributed by atoms with E-state index in [1.165, 1.54) is 44.9 Å². The Morgan fingerprint density at radius 2 is 1.92 bits per heavy atom. The van der Waals surface area contributed by atoms with Crippen LogP contribution in [0.4, 0.5) is 0 Å². The van der Waals surface area contributed by atoms with Crippen molar-refractivity contribution in [3.05, 3.63) is 0 Å². The average molecular weight is 168 g/mol. The van der Waals surface area contributed by atoms with Gasteiger partial charge in [0.15, 0.2) is 0 Å². The Bertz CT molecular complexity index is 172. The van der Waals surface area contributed by atoms with Gasteiger partial charge in [0.05, 0.1) is 11.2 Å². The second-order valence-electron chi connectivity index (χ2n) is 4.64. The molecule has 2 aliphatic rings. The molecule has 70 valence electrons. The van der Waals surface area contributed by atoms with Gasteiger partial charge in [-0.05, 0) is 26.2 Å². The number of unbranched alkanes of at least 4 members (excludes halogenated alkanes) is 3. The second-order valence-corrected chi connectivity index (χ2v) is 4.64. The summed E-state index contributed by atoms with van der Waals surface area (Å²) in [4.78, 5) is 0. The molecule has 0 aromatic carbocycles. The first-order chi connectivity index (χ1) is 5.72. The first-order valence-electron chi connectivity index (χ1n) is 5.43. The maximum atomic E-state index is 5.78. The van der Waals surface area contributed by atoms with E-state index in [2.05, 4.69) is 13.8 Å². The van der Waals surface area contributed by atoms with Crippen LogP contribution in [0.1, 0.15) is 58.8 Å². The summed E-state index contributed by atoms with van der Waals surface area (Å²) < 4.78 is 5.78. The standard InChI is InChI=1S/C11H20O/c1-3-4-5-6-7-10(2)11(12-10)8-9-11/h3-9H2,1-2H3. The van der Waals surface area contributed by atoms with E-state index in [1.54, 1.807) is 0 Å². The lowest BCUT2D eigenvalue weighted by molar-refractivity contribution is 0.287. The molecule has 1 aliphatic carbocycles. The lowest BCUT2D eigenvalue weighted by atomic mass is 9.98. The van der Waals surface area contributed by atoms with Crippen LogP contribution in [0.25, 0.3) is 0 Å². The van der Waals surface area contributed by atoms with Gasteiger partial charge in [-0.15, -0.1) is 0 Å². The first kappa shape index (κ1) is 8.55. The van der Waals surface area contributed by atoms with Gasteiger partial charge < -0.3 is 4.74 Å². The molecule has 0 aromatic rings. The van der Waals surface area contributed by atoms with Crippen molar-refractivity contribution in [3.63, 3.8) is 0 Å². The first-order valence-corrected chi connectivity index (χ1v) is 5.43. The predicted molar refractivity (Wildman–Crippen MR) is 50.2 cm³/mol. The van der Waals surface area contributed by atoms with E-state index in [0.29, 0.717) is 11.2 Å². The Kier molecular flexibility index (Phi) is 1.95. The zero-order valence-corrected chi connectivity index (χ0v) is 8.36. The Morgan fingerprint density at radius 3 is 2.42 bits per heavy atom. The molecule has 1 heteroatoms. The molecule has 0 amide bonds. The molecule has 1 saturated heterocycles. The van der Waals surface area contributed by atoms with E-state index >= 15 is 0 Å². The Labute approximate surface area is 75.5 Å². The van der Waals surface area contributed by atoms with Crippen LogP contribution in [0.5, 0.6) is 0 Å². The number of rotatable bonds is 5. The van der Waals surface area contributed by atoms with Crippen LogP contribution in [0, 0.1) is 0 Å². The summed E-state index contributed by atoms with van der Waals surface area (Å²) in [5.41, 5.74) is 0.708. The van der Waals surface area contributed by atoms with Gasteiger partial charge in [-0.3, -0.25) is 0 Å². The van der Waals surface area contributed by atoms with Crippen molar-refractivity contribution in [2.75, 3.05) is 0 Å². The second kappa shape index (κ2) is 2.73. The minimum absolute atomic E-state index is 0.306. The number of epoxide rings is 1.